The molecule has 102 valence electrons. The van der Waals surface area contributed by atoms with Crippen molar-refractivity contribution in [3.05, 3.63) is 29.8 Å². The van der Waals surface area contributed by atoms with E-state index in [2.05, 4.69) is 16.5 Å². The molecule has 0 bridgehead atoms. The van der Waals surface area contributed by atoms with E-state index in [1.165, 1.54) is 18.9 Å². The van der Waals surface area contributed by atoms with Crippen molar-refractivity contribution in [2.75, 3.05) is 0 Å². The van der Waals surface area contributed by atoms with Gasteiger partial charge in [-0.05, 0) is 43.9 Å². The molecule has 2 nitrogen and oxygen atoms in total. The molecule has 2 aromatic rings. The van der Waals surface area contributed by atoms with Gasteiger partial charge in [0.15, 0.2) is 0 Å². The van der Waals surface area contributed by atoms with Crippen molar-refractivity contribution in [1.82, 2.24) is 9.55 Å². The first-order valence-corrected chi connectivity index (χ1v) is 7.33. The topological polar surface area (TPSA) is 17.8 Å². The molecule has 0 amide bonds. The number of rotatable bonds is 2. The number of nitrogens with zero attached hydrogens (tertiary/aromatic N) is 2. The average molecular weight is 281 g/mol. The van der Waals surface area contributed by atoms with Gasteiger partial charge in [-0.15, -0.1) is 11.6 Å². The highest BCUT2D eigenvalue weighted by molar-refractivity contribution is 6.20. The van der Waals surface area contributed by atoms with E-state index in [-0.39, 0.29) is 11.2 Å². The van der Waals surface area contributed by atoms with Crippen molar-refractivity contribution >= 4 is 22.6 Å². The van der Waals surface area contributed by atoms with Gasteiger partial charge in [-0.2, -0.15) is 0 Å². The van der Waals surface area contributed by atoms with Crippen LogP contribution in [0.3, 0.4) is 0 Å². The van der Waals surface area contributed by atoms with Gasteiger partial charge in [0.2, 0.25) is 0 Å². The van der Waals surface area contributed by atoms with Gasteiger partial charge in [0, 0.05) is 6.04 Å². The third-order valence-corrected chi connectivity index (χ3v) is 4.38. The van der Waals surface area contributed by atoms with Crippen LogP contribution < -0.4 is 0 Å². The van der Waals surface area contributed by atoms with Crippen LogP contribution in [0.1, 0.15) is 50.4 Å². The molecule has 1 aliphatic rings. The zero-order valence-corrected chi connectivity index (χ0v) is 12.0. The normalized spacial score (nSPS) is 25.1. The van der Waals surface area contributed by atoms with Crippen LogP contribution in [-0.2, 0) is 0 Å². The SMILES string of the molecule is CC(Cl)c1nc2ccc(F)cc2n1C1CCCC1C. The van der Waals surface area contributed by atoms with Crippen LogP contribution in [0.15, 0.2) is 18.2 Å². The molecule has 1 fully saturated rings. The first-order chi connectivity index (χ1) is 9.08. The summed E-state index contributed by atoms with van der Waals surface area (Å²) in [6, 6.07) is 5.17. The molecule has 1 saturated carbocycles. The van der Waals surface area contributed by atoms with Crippen molar-refractivity contribution in [2.24, 2.45) is 5.92 Å². The molecule has 0 N–H and O–H groups in total. The maximum atomic E-state index is 13.5. The number of halogens is 2. The Kier molecular flexibility index (Phi) is 3.25. The molecule has 1 heterocycles. The van der Waals surface area contributed by atoms with E-state index in [1.54, 1.807) is 12.1 Å². The summed E-state index contributed by atoms with van der Waals surface area (Å²) in [5.74, 6) is 1.24. The first-order valence-electron chi connectivity index (χ1n) is 6.89. The Bertz CT molecular complexity index is 605. The second-order valence-electron chi connectivity index (χ2n) is 5.56. The summed E-state index contributed by atoms with van der Waals surface area (Å²) in [7, 11) is 0. The fraction of sp³-hybridized carbons (Fsp3) is 0.533. The third kappa shape index (κ3) is 2.14. The molecule has 3 unspecified atom stereocenters. The molecule has 0 radical (unpaired) electrons. The predicted octanol–water partition coefficient (Wildman–Crippen LogP) is 4.84. The van der Waals surface area contributed by atoms with Gasteiger partial charge in [0.05, 0.1) is 16.4 Å². The molecular weight excluding hydrogens is 263 g/mol. The highest BCUT2D eigenvalue weighted by Gasteiger charge is 2.29. The molecule has 3 atom stereocenters. The van der Waals surface area contributed by atoms with Crippen molar-refractivity contribution in [1.29, 1.82) is 0 Å². The van der Waals surface area contributed by atoms with Gasteiger partial charge in [-0.1, -0.05) is 13.3 Å². The van der Waals surface area contributed by atoms with Crippen LogP contribution in [0.2, 0.25) is 0 Å². The minimum Gasteiger partial charge on any atom is -0.323 e. The molecule has 1 aliphatic carbocycles. The lowest BCUT2D eigenvalue weighted by atomic mass is 10.1. The fourth-order valence-electron chi connectivity index (χ4n) is 3.22. The quantitative estimate of drug-likeness (QED) is 0.720. The maximum Gasteiger partial charge on any atom is 0.127 e. The second kappa shape index (κ2) is 4.78. The molecular formula is C15H18ClFN2. The van der Waals surface area contributed by atoms with Gasteiger partial charge >= 0.3 is 0 Å². The smallest absolute Gasteiger partial charge is 0.127 e. The van der Waals surface area contributed by atoms with Crippen LogP contribution in [0.5, 0.6) is 0 Å². The standard InChI is InChI=1S/C15H18ClFN2/c1-9-4-3-5-13(9)19-14-8-11(17)6-7-12(14)18-15(19)10(2)16/h6-10,13H,3-5H2,1-2H3. The summed E-state index contributed by atoms with van der Waals surface area (Å²) in [4.78, 5) is 4.60. The largest absolute Gasteiger partial charge is 0.323 e. The van der Waals surface area contributed by atoms with Crippen molar-refractivity contribution < 1.29 is 4.39 Å². The number of benzene rings is 1. The van der Waals surface area contributed by atoms with E-state index in [0.717, 1.165) is 23.3 Å². The zero-order chi connectivity index (χ0) is 13.6. The van der Waals surface area contributed by atoms with Gasteiger partial charge < -0.3 is 4.57 Å². The Morgan fingerprint density at radius 3 is 2.84 bits per heavy atom. The monoisotopic (exact) mass is 280 g/mol. The molecule has 0 saturated heterocycles. The Balaban J connectivity index is 2.23. The summed E-state index contributed by atoms with van der Waals surface area (Å²) < 4.78 is 15.7. The van der Waals surface area contributed by atoms with Crippen molar-refractivity contribution in [3.8, 4) is 0 Å². The van der Waals surface area contributed by atoms with Crippen molar-refractivity contribution in [2.45, 2.75) is 44.5 Å². The van der Waals surface area contributed by atoms with Gasteiger partial charge in [-0.25, -0.2) is 9.37 Å². The lowest BCUT2D eigenvalue weighted by molar-refractivity contribution is 0.405. The summed E-state index contributed by atoms with van der Waals surface area (Å²) >= 11 is 6.27. The summed E-state index contributed by atoms with van der Waals surface area (Å²) in [6.45, 7) is 4.18. The van der Waals surface area contributed by atoms with E-state index < -0.39 is 0 Å². The van der Waals surface area contributed by atoms with Crippen LogP contribution >= 0.6 is 11.6 Å². The first kappa shape index (κ1) is 12.9. The Morgan fingerprint density at radius 1 is 1.42 bits per heavy atom. The Labute approximate surface area is 117 Å². The van der Waals surface area contributed by atoms with Crippen LogP contribution in [0, 0.1) is 11.7 Å². The number of hydrogen-bond acceptors (Lipinski definition) is 1. The zero-order valence-electron chi connectivity index (χ0n) is 11.2. The minimum absolute atomic E-state index is 0.164. The van der Waals surface area contributed by atoms with E-state index in [9.17, 15) is 4.39 Å². The third-order valence-electron chi connectivity index (χ3n) is 4.18. The molecule has 19 heavy (non-hydrogen) atoms. The Morgan fingerprint density at radius 2 is 2.21 bits per heavy atom. The minimum atomic E-state index is -0.215. The molecule has 4 heteroatoms. The molecule has 1 aromatic carbocycles. The fourth-order valence-corrected chi connectivity index (χ4v) is 3.38. The van der Waals surface area contributed by atoms with E-state index in [0.29, 0.717) is 12.0 Å². The second-order valence-corrected chi connectivity index (χ2v) is 6.22. The number of hydrogen-bond donors (Lipinski definition) is 0. The van der Waals surface area contributed by atoms with E-state index in [4.69, 9.17) is 11.6 Å². The molecule has 3 rings (SSSR count). The van der Waals surface area contributed by atoms with Crippen molar-refractivity contribution in [3.63, 3.8) is 0 Å². The summed E-state index contributed by atoms with van der Waals surface area (Å²) in [5.41, 5.74) is 1.71. The van der Waals surface area contributed by atoms with Crippen LogP contribution in [0.25, 0.3) is 11.0 Å². The highest BCUT2D eigenvalue weighted by atomic mass is 35.5. The lowest BCUT2D eigenvalue weighted by Gasteiger charge is -2.21. The maximum absolute atomic E-state index is 13.5. The van der Waals surface area contributed by atoms with Crippen LogP contribution in [-0.4, -0.2) is 9.55 Å². The van der Waals surface area contributed by atoms with Gasteiger partial charge in [0.1, 0.15) is 11.6 Å². The molecule has 0 spiro atoms. The molecule has 1 aromatic heterocycles. The number of alkyl halides is 1. The highest BCUT2D eigenvalue weighted by Crippen LogP contribution is 2.40. The predicted molar refractivity (Wildman–Crippen MR) is 76.0 cm³/mol. The number of fused-ring (bicyclic) bond motifs is 1. The Hall–Kier alpha value is -1.09. The average Bonchev–Trinajstić information content (AvgIpc) is 2.92. The van der Waals surface area contributed by atoms with E-state index in [1.807, 2.05) is 6.92 Å². The number of imidazole rings is 1. The van der Waals surface area contributed by atoms with E-state index >= 15 is 0 Å². The van der Waals surface area contributed by atoms with Crippen LogP contribution in [0.4, 0.5) is 4.39 Å². The van der Waals surface area contributed by atoms with Gasteiger partial charge in [-0.3, -0.25) is 0 Å². The lowest BCUT2D eigenvalue weighted by Crippen LogP contribution is -2.15. The number of aromatic nitrogens is 2. The summed E-state index contributed by atoms with van der Waals surface area (Å²) in [6.07, 6.45) is 3.56. The molecule has 0 aliphatic heterocycles. The van der Waals surface area contributed by atoms with Gasteiger partial charge in [0.25, 0.3) is 0 Å². The summed E-state index contributed by atoms with van der Waals surface area (Å²) in [5, 5.41) is -0.164.